The summed E-state index contributed by atoms with van der Waals surface area (Å²) in [5, 5.41) is 4.07. The van der Waals surface area contributed by atoms with E-state index in [0.29, 0.717) is 21.8 Å². The van der Waals surface area contributed by atoms with Crippen LogP contribution in [0.4, 0.5) is 0 Å². The number of unbranched alkanes of at least 4 members (excludes halogenated alkanes) is 1. The van der Waals surface area contributed by atoms with Crippen molar-refractivity contribution >= 4 is 41.3 Å². The molecule has 2 amide bonds. The van der Waals surface area contributed by atoms with Gasteiger partial charge in [0.1, 0.15) is 12.3 Å². The number of carbonyl (C=O) groups excluding carboxylic acids is 2. The maximum atomic E-state index is 13.5. The molecule has 0 aromatic heterocycles. The van der Waals surface area contributed by atoms with Crippen LogP contribution in [-0.2, 0) is 9.59 Å². The Kier molecular flexibility index (Phi) is 9.38. The Morgan fingerprint density at radius 2 is 1.89 bits per heavy atom. The molecule has 2 fully saturated rings. The molecule has 1 saturated carbocycles. The van der Waals surface area contributed by atoms with Crippen LogP contribution < -0.4 is 10.1 Å². The zero-order valence-electron chi connectivity index (χ0n) is 21.0. The summed E-state index contributed by atoms with van der Waals surface area (Å²) >= 11 is 7.69. The third-order valence-corrected chi connectivity index (χ3v) is 8.47. The van der Waals surface area contributed by atoms with E-state index in [2.05, 4.69) is 12.2 Å². The summed E-state index contributed by atoms with van der Waals surface area (Å²) in [7, 11) is 0. The quantitative estimate of drug-likeness (QED) is 0.294. The standard InChI is InChI=1S/C29H35ClN2O3S/c1-3-4-17-35-24-15-11-22(12-16-24)20(2)31-28(33)19-32-25-7-5-6-8-26(25)36-27(29(32)34)18-21-9-13-23(30)14-10-21/h9-16,18,20,25-26H,3-8,17,19H2,1-2H3,(H,31,33)/b27-18-. The van der Waals surface area contributed by atoms with Crippen LogP contribution in [-0.4, -0.2) is 41.2 Å². The van der Waals surface area contributed by atoms with Gasteiger partial charge in [-0.3, -0.25) is 9.59 Å². The van der Waals surface area contributed by atoms with Crippen LogP contribution in [0.2, 0.25) is 5.02 Å². The molecule has 1 aliphatic heterocycles. The van der Waals surface area contributed by atoms with E-state index in [4.69, 9.17) is 16.3 Å². The summed E-state index contributed by atoms with van der Waals surface area (Å²) in [4.78, 5) is 29.1. The molecule has 0 radical (unpaired) electrons. The van der Waals surface area contributed by atoms with Gasteiger partial charge in [-0.2, -0.15) is 0 Å². The van der Waals surface area contributed by atoms with Gasteiger partial charge >= 0.3 is 0 Å². The van der Waals surface area contributed by atoms with Crippen LogP contribution in [0.25, 0.3) is 6.08 Å². The molecule has 3 atom stereocenters. The molecule has 36 heavy (non-hydrogen) atoms. The van der Waals surface area contributed by atoms with Crippen molar-refractivity contribution in [3.05, 3.63) is 69.6 Å². The first-order valence-corrected chi connectivity index (χ1v) is 14.2. The van der Waals surface area contributed by atoms with Crippen LogP contribution in [0.15, 0.2) is 53.4 Å². The number of nitrogens with one attached hydrogen (secondary N) is 1. The summed E-state index contributed by atoms with van der Waals surface area (Å²) in [5.74, 6) is 0.640. The highest BCUT2D eigenvalue weighted by molar-refractivity contribution is 8.04. The number of hydrogen-bond donors (Lipinski definition) is 1. The van der Waals surface area contributed by atoms with Gasteiger partial charge < -0.3 is 15.0 Å². The van der Waals surface area contributed by atoms with Crippen molar-refractivity contribution in [1.82, 2.24) is 10.2 Å². The van der Waals surface area contributed by atoms with E-state index in [9.17, 15) is 9.59 Å². The first-order chi connectivity index (χ1) is 17.4. The molecule has 1 saturated heterocycles. The number of fused-ring (bicyclic) bond motifs is 1. The van der Waals surface area contributed by atoms with Crippen molar-refractivity contribution in [2.45, 2.75) is 69.7 Å². The lowest BCUT2D eigenvalue weighted by atomic mass is 9.93. The monoisotopic (exact) mass is 526 g/mol. The van der Waals surface area contributed by atoms with Gasteiger partial charge in [-0.05, 0) is 67.7 Å². The third-order valence-electron chi connectivity index (χ3n) is 6.82. The van der Waals surface area contributed by atoms with Crippen LogP contribution >= 0.6 is 23.4 Å². The van der Waals surface area contributed by atoms with Gasteiger partial charge in [0.05, 0.1) is 17.6 Å². The van der Waals surface area contributed by atoms with Gasteiger partial charge in [-0.1, -0.05) is 62.1 Å². The highest BCUT2D eigenvalue weighted by atomic mass is 35.5. The largest absolute Gasteiger partial charge is 0.494 e. The second kappa shape index (κ2) is 12.7. The average molecular weight is 527 g/mol. The summed E-state index contributed by atoms with van der Waals surface area (Å²) < 4.78 is 5.74. The molecule has 2 aromatic carbocycles. The molecular weight excluding hydrogens is 492 g/mol. The fraction of sp³-hybridized carbons (Fsp3) is 0.448. The van der Waals surface area contributed by atoms with Gasteiger partial charge in [0.2, 0.25) is 5.91 Å². The SMILES string of the molecule is CCCCOc1ccc(C(C)NC(=O)CN2C(=O)/C(=C/c3ccc(Cl)cc3)SC3CCCCC32)cc1. The third kappa shape index (κ3) is 6.86. The molecule has 1 aliphatic carbocycles. The number of halogens is 1. The zero-order valence-corrected chi connectivity index (χ0v) is 22.6. The zero-order chi connectivity index (χ0) is 25.5. The number of ether oxygens (including phenoxy) is 1. The smallest absolute Gasteiger partial charge is 0.261 e. The fourth-order valence-electron chi connectivity index (χ4n) is 4.78. The van der Waals surface area contributed by atoms with Crippen molar-refractivity contribution in [3.63, 3.8) is 0 Å². The molecule has 5 nitrogen and oxygen atoms in total. The molecule has 1 N–H and O–H groups in total. The lowest BCUT2D eigenvalue weighted by Gasteiger charge is -2.44. The molecule has 0 spiro atoms. The van der Waals surface area contributed by atoms with E-state index in [1.54, 1.807) is 16.7 Å². The number of thioether (sulfide) groups is 1. The molecule has 1 heterocycles. The number of rotatable bonds is 9. The predicted molar refractivity (Wildman–Crippen MR) is 148 cm³/mol. The summed E-state index contributed by atoms with van der Waals surface area (Å²) in [6.45, 7) is 4.88. The van der Waals surface area contributed by atoms with Crippen molar-refractivity contribution in [3.8, 4) is 5.75 Å². The summed E-state index contributed by atoms with van der Waals surface area (Å²) in [6, 6.07) is 15.3. The maximum Gasteiger partial charge on any atom is 0.261 e. The lowest BCUT2D eigenvalue weighted by molar-refractivity contribution is -0.135. The molecule has 0 bridgehead atoms. The van der Waals surface area contributed by atoms with Crippen molar-refractivity contribution in [2.75, 3.05) is 13.2 Å². The Morgan fingerprint density at radius 1 is 1.17 bits per heavy atom. The van der Waals surface area contributed by atoms with Crippen molar-refractivity contribution in [2.24, 2.45) is 0 Å². The highest BCUT2D eigenvalue weighted by Crippen LogP contribution is 2.42. The maximum absolute atomic E-state index is 13.5. The van der Waals surface area contributed by atoms with Gasteiger partial charge in [0.15, 0.2) is 0 Å². The molecular formula is C29H35ClN2O3S. The van der Waals surface area contributed by atoms with Gasteiger partial charge in [-0.25, -0.2) is 0 Å². The molecule has 2 aromatic rings. The Hall–Kier alpha value is -2.44. The second-order valence-corrected chi connectivity index (χ2v) is 11.3. The number of carbonyl (C=O) groups is 2. The average Bonchev–Trinajstić information content (AvgIpc) is 2.88. The highest BCUT2D eigenvalue weighted by Gasteiger charge is 2.41. The summed E-state index contributed by atoms with van der Waals surface area (Å²) in [6.07, 6.45) is 8.30. The van der Waals surface area contributed by atoms with Crippen LogP contribution in [0.5, 0.6) is 5.75 Å². The first kappa shape index (κ1) is 26.6. The van der Waals surface area contributed by atoms with E-state index in [1.165, 1.54) is 0 Å². The fourth-order valence-corrected chi connectivity index (χ4v) is 6.38. The predicted octanol–water partition coefficient (Wildman–Crippen LogP) is 6.62. The van der Waals surface area contributed by atoms with E-state index in [-0.39, 0.29) is 30.4 Å². The van der Waals surface area contributed by atoms with E-state index in [1.807, 2.05) is 61.5 Å². The second-order valence-electron chi connectivity index (χ2n) is 9.56. The topological polar surface area (TPSA) is 58.6 Å². The Bertz CT molecular complexity index is 1070. The number of nitrogens with zero attached hydrogens (tertiary/aromatic N) is 1. The summed E-state index contributed by atoms with van der Waals surface area (Å²) in [5.41, 5.74) is 1.94. The Labute approximate surface area is 223 Å². The minimum atomic E-state index is -0.164. The number of benzene rings is 2. The van der Waals surface area contributed by atoms with Crippen LogP contribution in [0.3, 0.4) is 0 Å². The Morgan fingerprint density at radius 3 is 2.61 bits per heavy atom. The number of amides is 2. The van der Waals surface area contributed by atoms with E-state index in [0.717, 1.165) is 55.4 Å². The Balaban J connectivity index is 1.42. The number of hydrogen-bond acceptors (Lipinski definition) is 4. The van der Waals surface area contributed by atoms with Gasteiger partial charge in [0.25, 0.3) is 5.91 Å². The molecule has 7 heteroatoms. The van der Waals surface area contributed by atoms with Crippen LogP contribution in [0, 0.1) is 0 Å². The molecule has 3 unspecified atom stereocenters. The van der Waals surface area contributed by atoms with E-state index >= 15 is 0 Å². The van der Waals surface area contributed by atoms with E-state index < -0.39 is 0 Å². The minimum absolute atomic E-state index is 0.0607. The normalized spacial score (nSPS) is 21.7. The van der Waals surface area contributed by atoms with Crippen molar-refractivity contribution in [1.29, 1.82) is 0 Å². The first-order valence-electron chi connectivity index (χ1n) is 12.9. The van der Waals surface area contributed by atoms with Gasteiger partial charge in [-0.15, -0.1) is 11.8 Å². The molecule has 2 aliphatic rings. The van der Waals surface area contributed by atoms with Crippen molar-refractivity contribution < 1.29 is 14.3 Å². The van der Waals surface area contributed by atoms with Gasteiger partial charge in [0, 0.05) is 16.3 Å². The van der Waals surface area contributed by atoms with Crippen LogP contribution in [0.1, 0.15) is 69.5 Å². The minimum Gasteiger partial charge on any atom is -0.494 e. The molecule has 192 valence electrons. The lowest BCUT2D eigenvalue weighted by Crippen LogP contribution is -2.54. The molecule has 4 rings (SSSR count).